The van der Waals surface area contributed by atoms with Crippen molar-refractivity contribution in [3.8, 4) is 0 Å². The molecule has 112 valence electrons. The number of anilines is 1. The van der Waals surface area contributed by atoms with Gasteiger partial charge < -0.3 is 4.90 Å². The third-order valence-corrected chi connectivity index (χ3v) is 6.23. The number of fused-ring (bicyclic) bond motifs is 2. The fourth-order valence-corrected chi connectivity index (χ4v) is 4.94. The van der Waals surface area contributed by atoms with E-state index in [1.54, 1.807) is 0 Å². The second-order valence-electron chi connectivity index (χ2n) is 6.14. The Bertz CT molecular complexity index is 725. The van der Waals surface area contributed by atoms with Crippen LogP contribution in [-0.4, -0.2) is 19.5 Å². The lowest BCUT2D eigenvalue weighted by molar-refractivity contribution is -0.820. The van der Waals surface area contributed by atoms with E-state index in [1.165, 1.54) is 33.2 Å². The van der Waals surface area contributed by atoms with Gasteiger partial charge in [0.1, 0.15) is 11.1 Å². The number of rotatable bonds is 2. The molecule has 4 rings (SSSR count). The summed E-state index contributed by atoms with van der Waals surface area (Å²) < 4.78 is 0. The zero-order chi connectivity index (χ0) is 15.1. The summed E-state index contributed by atoms with van der Waals surface area (Å²) in [5.74, 6) is 0.508. The van der Waals surface area contributed by atoms with E-state index in [4.69, 9.17) is 0 Å². The lowest BCUT2D eigenvalue weighted by Gasteiger charge is -2.29. The zero-order valence-corrected chi connectivity index (χ0v) is 13.8. The topological polar surface area (TPSA) is 7.68 Å². The van der Waals surface area contributed by atoms with Crippen molar-refractivity contribution >= 4 is 23.1 Å². The first-order valence-corrected chi connectivity index (χ1v) is 8.71. The molecule has 3 heteroatoms. The Labute approximate surface area is 136 Å². The molecule has 3 atom stereocenters. The summed E-state index contributed by atoms with van der Waals surface area (Å²) >= 11 is 2.03. The summed E-state index contributed by atoms with van der Waals surface area (Å²) in [6.07, 6.45) is 5.75. The zero-order valence-electron chi connectivity index (χ0n) is 13.0. The smallest absolute Gasteiger partial charge is 0.145 e. The number of para-hydroxylation sites is 2. The van der Waals surface area contributed by atoms with E-state index in [9.17, 15) is 0 Å². The van der Waals surface area contributed by atoms with Gasteiger partial charge in [0.15, 0.2) is 0 Å². The maximum Gasteiger partial charge on any atom is 0.145 e. The van der Waals surface area contributed by atoms with Crippen LogP contribution in [0.4, 0.5) is 11.4 Å². The highest BCUT2D eigenvalue weighted by molar-refractivity contribution is 8.00. The predicted molar refractivity (Wildman–Crippen MR) is 94.0 cm³/mol. The predicted octanol–water partition coefficient (Wildman–Crippen LogP) is 3.40. The number of nitrogens with zero attached hydrogens (tertiary/aromatic N) is 1. The maximum absolute atomic E-state index is 2.36. The summed E-state index contributed by atoms with van der Waals surface area (Å²) in [7, 11) is 4.43. The Balaban J connectivity index is 1.59. The Morgan fingerprint density at radius 1 is 1.09 bits per heavy atom. The molecule has 0 aliphatic carbocycles. The molecule has 1 N–H and O–H groups in total. The van der Waals surface area contributed by atoms with Gasteiger partial charge in [-0.1, -0.05) is 48.2 Å². The van der Waals surface area contributed by atoms with Crippen LogP contribution < -0.4 is 9.80 Å². The van der Waals surface area contributed by atoms with Gasteiger partial charge in [-0.05, 0) is 17.7 Å². The number of allylic oxidation sites excluding steroid dienone is 1. The minimum Gasteiger partial charge on any atom is -0.351 e. The molecular formula is C19H21N2S+. The normalized spacial score (nSPS) is 25.9. The third kappa shape index (κ3) is 2.25. The largest absolute Gasteiger partial charge is 0.351 e. The van der Waals surface area contributed by atoms with Crippen molar-refractivity contribution in [1.82, 2.24) is 0 Å². The molecule has 0 fully saturated rings. The van der Waals surface area contributed by atoms with Crippen LogP contribution in [0.15, 0.2) is 65.7 Å². The number of hydrogen-bond donors (Lipinski definition) is 1. The van der Waals surface area contributed by atoms with Crippen LogP contribution in [-0.2, 0) is 0 Å². The molecule has 22 heavy (non-hydrogen) atoms. The first-order valence-electron chi connectivity index (χ1n) is 7.83. The maximum atomic E-state index is 2.36. The second kappa shape index (κ2) is 5.49. The molecular weight excluding hydrogens is 288 g/mol. The fraction of sp³-hybridized carbons (Fsp3) is 0.263. The molecule has 0 bridgehead atoms. The van der Waals surface area contributed by atoms with Crippen molar-refractivity contribution in [3.63, 3.8) is 0 Å². The lowest BCUT2D eigenvalue weighted by atomic mass is 9.91. The van der Waals surface area contributed by atoms with Crippen LogP contribution in [0.3, 0.4) is 0 Å². The highest BCUT2D eigenvalue weighted by Crippen LogP contribution is 2.40. The van der Waals surface area contributed by atoms with Crippen molar-refractivity contribution in [2.75, 3.05) is 19.0 Å². The van der Waals surface area contributed by atoms with E-state index < -0.39 is 0 Å². The van der Waals surface area contributed by atoms with Gasteiger partial charge >= 0.3 is 0 Å². The number of quaternary nitrogens is 1. The van der Waals surface area contributed by atoms with Gasteiger partial charge in [0.2, 0.25) is 0 Å². The summed E-state index contributed by atoms with van der Waals surface area (Å²) in [5, 5.41) is 0.587. The molecule has 0 saturated heterocycles. The average molecular weight is 309 g/mol. The average Bonchev–Trinajstić information content (AvgIpc) is 2.87. The van der Waals surface area contributed by atoms with Crippen LogP contribution in [0.2, 0.25) is 0 Å². The Hall–Kier alpha value is -1.71. The number of thioether (sulfide) groups is 1. The molecule has 0 saturated carbocycles. The van der Waals surface area contributed by atoms with E-state index in [2.05, 4.69) is 79.8 Å². The van der Waals surface area contributed by atoms with Gasteiger partial charge in [0, 0.05) is 37.3 Å². The lowest BCUT2D eigenvalue weighted by Crippen LogP contribution is -3.06. The molecule has 2 aromatic carbocycles. The van der Waals surface area contributed by atoms with Gasteiger partial charge in [0.05, 0.1) is 11.9 Å². The van der Waals surface area contributed by atoms with E-state index >= 15 is 0 Å². The third-order valence-electron chi connectivity index (χ3n) is 4.79. The van der Waals surface area contributed by atoms with Crippen LogP contribution in [0.25, 0.3) is 0 Å². The summed E-state index contributed by atoms with van der Waals surface area (Å²) in [5.41, 5.74) is 4.24. The van der Waals surface area contributed by atoms with Gasteiger partial charge in [-0.15, -0.1) is 0 Å². The summed E-state index contributed by atoms with van der Waals surface area (Å²) in [6, 6.07) is 17.6. The molecule has 0 aromatic heterocycles. The van der Waals surface area contributed by atoms with Crippen molar-refractivity contribution in [2.45, 2.75) is 22.6 Å². The van der Waals surface area contributed by atoms with E-state index in [0.29, 0.717) is 11.3 Å². The first-order chi connectivity index (χ1) is 10.7. The minimum absolute atomic E-state index is 0.508. The number of nitrogens with one attached hydrogen (secondary N) is 1. The van der Waals surface area contributed by atoms with Crippen LogP contribution >= 0.6 is 11.8 Å². The highest BCUT2D eigenvalue weighted by atomic mass is 32.2. The Morgan fingerprint density at radius 3 is 2.73 bits per heavy atom. The van der Waals surface area contributed by atoms with Crippen molar-refractivity contribution < 1.29 is 4.90 Å². The first kappa shape index (κ1) is 13.9. The van der Waals surface area contributed by atoms with E-state index in [0.717, 1.165) is 0 Å². The summed E-state index contributed by atoms with van der Waals surface area (Å²) in [4.78, 5) is 5.19. The van der Waals surface area contributed by atoms with Crippen molar-refractivity contribution in [2.24, 2.45) is 0 Å². The van der Waals surface area contributed by atoms with Crippen LogP contribution in [0.1, 0.15) is 17.9 Å². The van der Waals surface area contributed by atoms with Crippen LogP contribution in [0, 0.1) is 0 Å². The number of benzene rings is 2. The quantitative estimate of drug-likeness (QED) is 0.909. The van der Waals surface area contributed by atoms with Gasteiger partial charge in [-0.3, -0.25) is 4.90 Å². The Kier molecular flexibility index (Phi) is 3.47. The molecule has 2 unspecified atom stereocenters. The Morgan fingerprint density at radius 2 is 1.86 bits per heavy atom. The molecule has 2 heterocycles. The van der Waals surface area contributed by atoms with Crippen LogP contribution in [0.5, 0.6) is 0 Å². The monoisotopic (exact) mass is 309 g/mol. The van der Waals surface area contributed by atoms with Gasteiger partial charge in [-0.2, -0.15) is 0 Å². The molecule has 0 amide bonds. The molecule has 0 spiro atoms. The molecule has 2 aliphatic rings. The summed E-state index contributed by atoms with van der Waals surface area (Å²) in [6.45, 7) is 0. The molecule has 0 radical (unpaired) electrons. The van der Waals surface area contributed by atoms with Gasteiger partial charge in [0.25, 0.3) is 0 Å². The van der Waals surface area contributed by atoms with Crippen molar-refractivity contribution in [3.05, 3.63) is 66.4 Å². The molecule has 2 aromatic rings. The number of hydrogen-bond acceptors (Lipinski definition) is 2. The standard InChI is InChI=1S/C19H20N2S/c1-20-12-11-14(15-7-3-4-8-16(15)20)13-19-21(2)17-9-5-6-10-18(17)22-19/h3-12,14,19H,13H2,1-2H3/p+1/t14?,19-/m1/s1. The fourth-order valence-electron chi connectivity index (χ4n) is 3.51. The van der Waals surface area contributed by atoms with Gasteiger partial charge in [-0.25, -0.2) is 0 Å². The minimum atomic E-state index is 0.508. The molecule has 2 nitrogen and oxygen atoms in total. The van der Waals surface area contributed by atoms with E-state index in [1.807, 2.05) is 11.8 Å². The second-order valence-corrected chi connectivity index (χ2v) is 7.38. The molecule has 2 aliphatic heterocycles. The van der Waals surface area contributed by atoms with E-state index in [-0.39, 0.29) is 0 Å². The highest BCUT2D eigenvalue weighted by Gasteiger charge is 2.35. The SMILES string of the molecule is CN1C=CC(C[C@H]2Sc3ccccc3[NH+]2C)c2ccccc21. The van der Waals surface area contributed by atoms with Crippen molar-refractivity contribution in [1.29, 1.82) is 0 Å².